The summed E-state index contributed by atoms with van der Waals surface area (Å²) in [5.74, 6) is 1.12. The Morgan fingerprint density at radius 2 is 1.54 bits per heavy atom. The molecule has 372 valence electrons. The molecule has 9 rings (SSSR count). The lowest BCUT2D eigenvalue weighted by molar-refractivity contribution is -0.133. The number of anilines is 3. The Bertz CT molecular complexity index is 2880. The highest BCUT2D eigenvalue weighted by atomic mass is 16.6. The second-order valence-corrected chi connectivity index (χ2v) is 17.1. The van der Waals surface area contributed by atoms with E-state index in [4.69, 9.17) is 35.5 Å². The van der Waals surface area contributed by atoms with Crippen LogP contribution in [0.25, 0.3) is 33.3 Å². The molecule has 0 radical (unpaired) electrons. The van der Waals surface area contributed by atoms with Crippen molar-refractivity contribution in [2.45, 2.75) is 38.5 Å². The first-order chi connectivity index (χ1) is 34.8. The van der Waals surface area contributed by atoms with Crippen LogP contribution in [0.1, 0.15) is 39.0 Å². The highest BCUT2D eigenvalue weighted by molar-refractivity contribution is 5.99. The molecule has 0 saturated carbocycles. The summed E-state index contributed by atoms with van der Waals surface area (Å²) in [7, 11) is 0. The van der Waals surface area contributed by atoms with E-state index in [1.165, 1.54) is 24.3 Å². The van der Waals surface area contributed by atoms with E-state index in [1.54, 1.807) is 18.6 Å². The molecular weight excluding hydrogens is 913 g/mol. The Morgan fingerprint density at radius 1 is 0.789 bits per heavy atom. The third-order valence-corrected chi connectivity index (χ3v) is 12.4. The smallest absolute Gasteiger partial charge is 0.254 e. The maximum Gasteiger partial charge on any atom is 0.254 e. The van der Waals surface area contributed by atoms with Gasteiger partial charge in [0.2, 0.25) is 17.8 Å². The van der Waals surface area contributed by atoms with Crippen molar-refractivity contribution in [2.75, 3.05) is 108 Å². The van der Waals surface area contributed by atoms with Crippen LogP contribution in [0, 0.1) is 0 Å². The minimum atomic E-state index is -0.305. The topological polar surface area (TPSA) is 289 Å². The molecule has 23 heteroatoms. The second kappa shape index (κ2) is 23.6. The first-order valence-electron chi connectivity index (χ1n) is 23.7. The monoisotopic (exact) mass is 970 g/mol. The molecule has 2 amide bonds. The van der Waals surface area contributed by atoms with Crippen LogP contribution in [-0.2, 0) is 49.8 Å². The van der Waals surface area contributed by atoms with Gasteiger partial charge < -0.3 is 60.5 Å². The Morgan fingerprint density at radius 3 is 2.30 bits per heavy atom. The average molecular weight is 971 g/mol. The van der Waals surface area contributed by atoms with Gasteiger partial charge in [0.05, 0.1) is 89.4 Å². The molecule has 1 atom stereocenters. The maximum absolute atomic E-state index is 13.1. The van der Waals surface area contributed by atoms with E-state index in [2.05, 4.69) is 63.4 Å². The summed E-state index contributed by atoms with van der Waals surface area (Å²) >= 11 is 0. The van der Waals surface area contributed by atoms with Gasteiger partial charge in [-0.2, -0.15) is 5.10 Å². The summed E-state index contributed by atoms with van der Waals surface area (Å²) in [6.07, 6.45) is 12.5. The number of carbonyl (C=O) groups is 2. The number of carbonyl (C=O) groups excluding carboxylic acids is 2. The van der Waals surface area contributed by atoms with Crippen LogP contribution in [-0.4, -0.2) is 170 Å². The number of pyridine rings is 1. The molecule has 6 aromatic heterocycles. The molecule has 1 fully saturated rings. The molecule has 7 aromatic rings. The van der Waals surface area contributed by atoms with E-state index >= 15 is 0 Å². The summed E-state index contributed by atoms with van der Waals surface area (Å²) in [5, 5.41) is 19.5. The zero-order chi connectivity index (χ0) is 48.9. The quantitative estimate of drug-likeness (QED) is 0.0568. The van der Waals surface area contributed by atoms with Gasteiger partial charge in [0.1, 0.15) is 23.5 Å². The predicted molar refractivity (Wildman–Crippen MR) is 262 cm³/mol. The number of aromatic nitrogens is 10. The van der Waals surface area contributed by atoms with E-state index in [-0.39, 0.29) is 24.5 Å². The van der Waals surface area contributed by atoms with Crippen molar-refractivity contribution in [3.63, 3.8) is 0 Å². The number of aliphatic hydroxyl groups is 1. The van der Waals surface area contributed by atoms with Crippen molar-refractivity contribution in [1.82, 2.24) is 59.9 Å². The number of nitrogens with one attached hydrogen (secondary N) is 2. The van der Waals surface area contributed by atoms with Crippen molar-refractivity contribution in [3.05, 3.63) is 102 Å². The molecule has 0 spiro atoms. The van der Waals surface area contributed by atoms with Gasteiger partial charge in [-0.3, -0.25) is 9.59 Å². The lowest BCUT2D eigenvalue weighted by atomic mass is 9.97. The molecule has 7 N–H and O–H groups in total. The summed E-state index contributed by atoms with van der Waals surface area (Å²) in [6, 6.07) is 10.1. The van der Waals surface area contributed by atoms with Crippen LogP contribution in [0.2, 0.25) is 0 Å². The molecule has 1 saturated heterocycles. The van der Waals surface area contributed by atoms with E-state index in [9.17, 15) is 14.7 Å². The van der Waals surface area contributed by atoms with E-state index < -0.39 is 0 Å². The van der Waals surface area contributed by atoms with Gasteiger partial charge in [0.15, 0.2) is 5.65 Å². The van der Waals surface area contributed by atoms with Crippen LogP contribution in [0.3, 0.4) is 0 Å². The highest BCUT2D eigenvalue weighted by Gasteiger charge is 2.30. The summed E-state index contributed by atoms with van der Waals surface area (Å²) in [4.78, 5) is 65.6. The van der Waals surface area contributed by atoms with E-state index in [1.807, 2.05) is 37.7 Å². The van der Waals surface area contributed by atoms with E-state index in [0.717, 1.165) is 39.7 Å². The lowest BCUT2D eigenvalue weighted by Gasteiger charge is -2.40. The Balaban J connectivity index is 0.596. The number of fused-ring (bicyclic) bond motifs is 3. The number of hydrogen-bond donors (Lipinski definition) is 5. The summed E-state index contributed by atoms with van der Waals surface area (Å²) < 4.78 is 24.3. The number of H-pyrrole nitrogens is 1. The molecule has 1 unspecified atom stereocenters. The van der Waals surface area contributed by atoms with Gasteiger partial charge >= 0.3 is 0 Å². The fraction of sp³-hybridized carbons (Fsp3) is 0.417. The summed E-state index contributed by atoms with van der Waals surface area (Å²) in [6.45, 7) is 6.82. The molecule has 2 aliphatic rings. The van der Waals surface area contributed by atoms with Crippen molar-refractivity contribution in [1.29, 1.82) is 0 Å². The Hall–Kier alpha value is -7.28. The van der Waals surface area contributed by atoms with Gasteiger partial charge in [0, 0.05) is 99.5 Å². The lowest BCUT2D eigenvalue weighted by Crippen LogP contribution is -2.56. The normalized spacial score (nSPS) is 14.9. The standard InChI is InChI=1S/C48H58N16O7/c49-21-33-22-54-48(55-23-33)63-10-9-62(29-39(63)30-65)47-56-25-38(26-57-47)46(67)52-7-12-69-14-16-71-18-17-70-15-13-68-11-5-40(66)61-8-4-34-19-32(1-2-36(34)28-61)27-64-45-41(43(50)58-31-59-45)42(60-64)37-20-35-3-6-51-44(35)53-24-37/h1-3,6,19-20,22-26,31,39,65H,4-5,7-18,21,27-30,49H2,(H,51,53)(H,52,67)(H2,50,58,59). The largest absolute Gasteiger partial charge is 0.394 e. The number of hydrogen-bond acceptors (Lipinski definition) is 19. The fourth-order valence-corrected chi connectivity index (χ4v) is 8.58. The number of nitrogen functional groups attached to an aromatic ring is 1. The molecule has 2 aliphatic heterocycles. The average Bonchev–Trinajstić information content (AvgIpc) is 4.04. The zero-order valence-electron chi connectivity index (χ0n) is 39.4. The maximum atomic E-state index is 13.1. The molecular formula is C48H58N16O7. The molecule has 0 aliphatic carbocycles. The van der Waals surface area contributed by atoms with Crippen LogP contribution in [0.15, 0.2) is 73.8 Å². The third-order valence-electron chi connectivity index (χ3n) is 12.4. The molecule has 23 nitrogen and oxygen atoms in total. The SMILES string of the molecule is NCc1cnc(N2CCN(c3ncc(C(=O)NCCOCCOCCOCCOCCC(=O)N4CCc5cc(Cn6nc(-c7cnc8[nH]ccc8c7)c7c(N)ncnc76)ccc5C4)cn3)CC2CO)nc1. The van der Waals surface area contributed by atoms with Gasteiger partial charge in [0.25, 0.3) is 5.91 Å². The Labute approximate surface area is 408 Å². The number of amides is 2. The Kier molecular flexibility index (Phi) is 16.2. The number of nitrogens with two attached hydrogens (primary N) is 2. The number of aromatic amines is 1. The van der Waals surface area contributed by atoms with Crippen LogP contribution < -0.4 is 26.6 Å². The fourth-order valence-electron chi connectivity index (χ4n) is 8.58. The number of aliphatic hydroxyl groups excluding tert-OH is 1. The number of rotatable bonds is 23. The van der Waals surface area contributed by atoms with Crippen LogP contribution >= 0.6 is 0 Å². The minimum absolute atomic E-state index is 0.0572. The van der Waals surface area contributed by atoms with Crippen molar-refractivity contribution in [2.24, 2.45) is 5.73 Å². The van der Waals surface area contributed by atoms with Gasteiger partial charge in [-0.25, -0.2) is 39.6 Å². The molecule has 71 heavy (non-hydrogen) atoms. The molecule has 1 aromatic carbocycles. The highest BCUT2D eigenvalue weighted by Crippen LogP contribution is 2.32. The van der Waals surface area contributed by atoms with Gasteiger partial charge in [-0.15, -0.1) is 0 Å². The van der Waals surface area contributed by atoms with Crippen LogP contribution in [0.5, 0.6) is 0 Å². The molecule has 0 bridgehead atoms. The van der Waals surface area contributed by atoms with Crippen molar-refractivity contribution in [3.8, 4) is 11.3 Å². The van der Waals surface area contributed by atoms with Gasteiger partial charge in [-0.1, -0.05) is 18.2 Å². The summed E-state index contributed by atoms with van der Waals surface area (Å²) in [5.41, 5.74) is 19.6. The van der Waals surface area contributed by atoms with Crippen molar-refractivity contribution >= 4 is 51.6 Å². The van der Waals surface area contributed by atoms with Crippen molar-refractivity contribution < 1.29 is 33.6 Å². The predicted octanol–water partition coefficient (Wildman–Crippen LogP) is 1.50. The number of nitrogens with zero attached hydrogens (tertiary/aromatic N) is 12. The second-order valence-electron chi connectivity index (χ2n) is 17.1. The molecule has 8 heterocycles. The van der Waals surface area contributed by atoms with Gasteiger partial charge in [-0.05, 0) is 35.2 Å². The zero-order valence-corrected chi connectivity index (χ0v) is 39.4. The number of ether oxygens (including phenoxy) is 4. The van der Waals surface area contributed by atoms with E-state index in [0.29, 0.717) is 152 Å². The number of benzene rings is 1. The third kappa shape index (κ3) is 12.0. The minimum Gasteiger partial charge on any atom is -0.394 e. The first kappa shape index (κ1) is 48.7. The van der Waals surface area contributed by atoms with Crippen LogP contribution in [0.4, 0.5) is 17.7 Å². The number of piperazine rings is 1. The first-order valence-corrected chi connectivity index (χ1v) is 23.7.